The number of aromatic nitrogens is 1. The molecule has 0 saturated carbocycles. The Morgan fingerprint density at radius 1 is 1.23 bits per heavy atom. The molecule has 114 valence electrons. The van der Waals surface area contributed by atoms with E-state index >= 15 is 0 Å². The van der Waals surface area contributed by atoms with Gasteiger partial charge in [0.2, 0.25) is 0 Å². The van der Waals surface area contributed by atoms with E-state index in [0.29, 0.717) is 16.9 Å². The molecule has 0 unspecified atom stereocenters. The van der Waals surface area contributed by atoms with Crippen molar-refractivity contribution in [3.8, 4) is 0 Å². The average Bonchev–Trinajstić information content (AvgIpc) is 2.50. The highest BCUT2D eigenvalue weighted by Gasteiger charge is 2.10. The summed E-state index contributed by atoms with van der Waals surface area (Å²) in [5.41, 5.74) is 2.62. The first kappa shape index (κ1) is 15.5. The number of nitrogens with zero attached hydrogens (tertiary/aromatic N) is 1. The number of hydrogen-bond donors (Lipinski definition) is 2. The van der Waals surface area contributed by atoms with E-state index in [4.69, 9.17) is 9.84 Å². The van der Waals surface area contributed by atoms with E-state index in [-0.39, 0.29) is 12.2 Å². The molecule has 0 saturated heterocycles. The highest BCUT2D eigenvalue weighted by Crippen LogP contribution is 2.22. The van der Waals surface area contributed by atoms with Crippen molar-refractivity contribution in [3.05, 3.63) is 53.3 Å². The number of benzene rings is 1. The summed E-state index contributed by atoms with van der Waals surface area (Å²) in [6.07, 6.45) is 2.97. The first-order valence-corrected chi connectivity index (χ1v) is 6.74. The molecule has 1 aromatic heterocycles. The highest BCUT2D eigenvalue weighted by atomic mass is 16.5. The number of ether oxygens (including phenoxy) is 1. The number of hydrogen-bond acceptors (Lipinski definition) is 5. The number of carbonyl (C=O) groups is 2. The van der Waals surface area contributed by atoms with Crippen molar-refractivity contribution in [2.24, 2.45) is 0 Å². The topological polar surface area (TPSA) is 88.5 Å². The van der Waals surface area contributed by atoms with Gasteiger partial charge >= 0.3 is 11.9 Å². The van der Waals surface area contributed by atoms with Crippen LogP contribution in [0.25, 0.3) is 0 Å². The maximum Gasteiger partial charge on any atom is 0.339 e. The molecular weight excluding hydrogens is 284 g/mol. The van der Waals surface area contributed by atoms with Crippen molar-refractivity contribution in [1.29, 1.82) is 0 Å². The zero-order valence-corrected chi connectivity index (χ0v) is 12.3. The van der Waals surface area contributed by atoms with Gasteiger partial charge in [-0.2, -0.15) is 0 Å². The molecule has 0 spiro atoms. The predicted molar refractivity (Wildman–Crippen MR) is 81.6 cm³/mol. The lowest BCUT2D eigenvalue weighted by molar-refractivity contribution is 0.0525. The first-order valence-electron chi connectivity index (χ1n) is 6.74. The number of rotatable bonds is 5. The van der Waals surface area contributed by atoms with Gasteiger partial charge in [0.15, 0.2) is 0 Å². The number of aryl methyl sites for hydroxylation is 1. The van der Waals surface area contributed by atoms with E-state index in [2.05, 4.69) is 10.3 Å². The minimum absolute atomic E-state index is 0.183. The van der Waals surface area contributed by atoms with Crippen molar-refractivity contribution in [3.63, 3.8) is 0 Å². The second-order valence-corrected chi connectivity index (χ2v) is 4.64. The largest absolute Gasteiger partial charge is 0.478 e. The smallest absolute Gasteiger partial charge is 0.339 e. The lowest BCUT2D eigenvalue weighted by Gasteiger charge is -2.11. The maximum atomic E-state index is 11.7. The lowest BCUT2D eigenvalue weighted by Crippen LogP contribution is -2.06. The summed E-state index contributed by atoms with van der Waals surface area (Å²) < 4.78 is 4.92. The fourth-order valence-corrected chi connectivity index (χ4v) is 1.88. The van der Waals surface area contributed by atoms with Crippen molar-refractivity contribution in [1.82, 2.24) is 4.98 Å². The van der Waals surface area contributed by atoms with Crippen LogP contribution in [-0.2, 0) is 4.74 Å². The summed E-state index contributed by atoms with van der Waals surface area (Å²) >= 11 is 0. The molecule has 0 amide bonds. The number of carboxylic acids is 1. The first-order chi connectivity index (χ1) is 10.5. The van der Waals surface area contributed by atoms with Gasteiger partial charge in [-0.1, -0.05) is 6.07 Å². The number of anilines is 2. The monoisotopic (exact) mass is 300 g/mol. The summed E-state index contributed by atoms with van der Waals surface area (Å²) in [6.45, 7) is 3.88. The average molecular weight is 300 g/mol. The fraction of sp³-hybridized carbons (Fsp3) is 0.188. The number of carboxylic acid groups (broad SMARTS) is 1. The minimum atomic E-state index is -0.999. The van der Waals surface area contributed by atoms with Crippen LogP contribution in [-0.4, -0.2) is 28.6 Å². The van der Waals surface area contributed by atoms with Crippen LogP contribution < -0.4 is 5.32 Å². The van der Waals surface area contributed by atoms with Crippen molar-refractivity contribution in [2.45, 2.75) is 13.8 Å². The normalized spacial score (nSPS) is 10.1. The van der Waals surface area contributed by atoms with Gasteiger partial charge in [-0.05, 0) is 37.6 Å². The van der Waals surface area contributed by atoms with Gasteiger partial charge in [-0.25, -0.2) is 9.59 Å². The summed E-state index contributed by atoms with van der Waals surface area (Å²) in [5.74, 6) is -1.45. The Kier molecular flexibility index (Phi) is 4.73. The zero-order chi connectivity index (χ0) is 16.1. The Morgan fingerprint density at radius 2 is 2.00 bits per heavy atom. The van der Waals surface area contributed by atoms with E-state index < -0.39 is 11.9 Å². The summed E-state index contributed by atoms with van der Waals surface area (Å²) in [4.78, 5) is 26.7. The third kappa shape index (κ3) is 3.60. The molecule has 6 heteroatoms. The Labute approximate surface area is 127 Å². The Bertz CT molecular complexity index is 713. The molecule has 0 fully saturated rings. The molecule has 2 rings (SSSR count). The highest BCUT2D eigenvalue weighted by molar-refractivity contribution is 5.91. The van der Waals surface area contributed by atoms with Crippen LogP contribution in [0.2, 0.25) is 0 Å². The van der Waals surface area contributed by atoms with Crippen LogP contribution in [0.3, 0.4) is 0 Å². The summed E-state index contributed by atoms with van der Waals surface area (Å²) in [5, 5.41) is 12.1. The van der Waals surface area contributed by atoms with Gasteiger partial charge in [0, 0.05) is 11.9 Å². The van der Waals surface area contributed by atoms with Crippen LogP contribution in [0.15, 0.2) is 36.7 Å². The van der Waals surface area contributed by atoms with Crippen LogP contribution in [0.1, 0.15) is 33.2 Å². The van der Waals surface area contributed by atoms with Gasteiger partial charge in [-0.3, -0.25) is 4.98 Å². The number of carbonyl (C=O) groups excluding carboxylic acids is 1. The molecular formula is C16H16N2O4. The number of pyridine rings is 1. The van der Waals surface area contributed by atoms with Crippen LogP contribution in [0.4, 0.5) is 11.4 Å². The Balaban J connectivity index is 2.27. The standard InChI is InChI=1S/C16H16N2O4/c1-3-22-16(21)12-6-13(9-17-8-12)18-14-7-11(15(19)20)5-4-10(14)2/h4-9,18H,3H2,1-2H3,(H,19,20). The van der Waals surface area contributed by atoms with Gasteiger partial charge < -0.3 is 15.2 Å². The van der Waals surface area contributed by atoms with Crippen molar-refractivity contribution in [2.75, 3.05) is 11.9 Å². The van der Waals surface area contributed by atoms with E-state index in [9.17, 15) is 9.59 Å². The molecule has 0 aliphatic rings. The van der Waals surface area contributed by atoms with Crippen molar-refractivity contribution < 1.29 is 19.4 Å². The molecule has 22 heavy (non-hydrogen) atoms. The molecule has 1 aromatic carbocycles. The molecule has 2 aromatic rings. The Morgan fingerprint density at radius 3 is 2.68 bits per heavy atom. The maximum absolute atomic E-state index is 11.7. The predicted octanol–water partition coefficient (Wildman–Crippen LogP) is 3.01. The van der Waals surface area contributed by atoms with Gasteiger partial charge in [0.05, 0.1) is 29.6 Å². The van der Waals surface area contributed by atoms with Crippen LogP contribution >= 0.6 is 0 Å². The second kappa shape index (κ2) is 6.71. The fourth-order valence-electron chi connectivity index (χ4n) is 1.88. The van der Waals surface area contributed by atoms with Crippen LogP contribution in [0, 0.1) is 6.92 Å². The number of aromatic carboxylic acids is 1. The SMILES string of the molecule is CCOC(=O)c1cncc(Nc2cc(C(=O)O)ccc2C)c1. The molecule has 0 bridgehead atoms. The summed E-state index contributed by atoms with van der Waals surface area (Å²) in [7, 11) is 0. The molecule has 0 radical (unpaired) electrons. The van der Waals surface area contributed by atoms with Gasteiger partial charge in [-0.15, -0.1) is 0 Å². The minimum Gasteiger partial charge on any atom is -0.478 e. The third-order valence-electron chi connectivity index (χ3n) is 3.01. The van der Waals surface area contributed by atoms with E-state index in [1.54, 1.807) is 25.3 Å². The molecule has 0 aliphatic heterocycles. The molecule has 0 aliphatic carbocycles. The molecule has 6 nitrogen and oxygen atoms in total. The van der Waals surface area contributed by atoms with Crippen LogP contribution in [0.5, 0.6) is 0 Å². The molecule has 2 N–H and O–H groups in total. The Hall–Kier alpha value is -2.89. The number of esters is 1. The molecule has 0 atom stereocenters. The lowest BCUT2D eigenvalue weighted by atomic mass is 10.1. The zero-order valence-electron chi connectivity index (χ0n) is 12.3. The quantitative estimate of drug-likeness (QED) is 0.825. The number of nitrogens with one attached hydrogen (secondary N) is 1. The second-order valence-electron chi connectivity index (χ2n) is 4.64. The van der Waals surface area contributed by atoms with E-state index in [1.165, 1.54) is 18.3 Å². The molecule has 1 heterocycles. The van der Waals surface area contributed by atoms with E-state index in [0.717, 1.165) is 5.56 Å². The third-order valence-corrected chi connectivity index (χ3v) is 3.01. The van der Waals surface area contributed by atoms with E-state index in [1.807, 2.05) is 6.92 Å². The summed E-state index contributed by atoms with van der Waals surface area (Å²) in [6, 6.07) is 6.40. The van der Waals surface area contributed by atoms with Crippen molar-refractivity contribution >= 4 is 23.3 Å². The van der Waals surface area contributed by atoms with Gasteiger partial charge in [0.1, 0.15) is 0 Å². The van der Waals surface area contributed by atoms with Gasteiger partial charge in [0.25, 0.3) is 0 Å².